The third-order valence-electron chi connectivity index (χ3n) is 3.06. The highest BCUT2D eigenvalue weighted by Crippen LogP contribution is 2.34. The lowest BCUT2D eigenvalue weighted by Crippen LogP contribution is -2.36. The minimum absolute atomic E-state index is 0.339. The first-order valence-corrected chi connectivity index (χ1v) is 4.83. The normalized spacial score (nSPS) is 16.4. The van der Waals surface area contributed by atoms with Crippen LogP contribution in [0.5, 0.6) is 0 Å². The molecule has 0 aromatic carbocycles. The van der Waals surface area contributed by atoms with Gasteiger partial charge in [0.2, 0.25) is 0 Å². The van der Waals surface area contributed by atoms with E-state index in [0.717, 1.165) is 23.0 Å². The number of hydrogen-bond donors (Lipinski definition) is 0. The zero-order valence-electron chi connectivity index (χ0n) is 9.37. The molecule has 14 heavy (non-hydrogen) atoms. The molecule has 4 heteroatoms. The molecule has 0 aliphatic carbocycles. The van der Waals surface area contributed by atoms with E-state index in [1.54, 1.807) is 0 Å². The van der Waals surface area contributed by atoms with Crippen LogP contribution in [0.25, 0.3) is 0 Å². The summed E-state index contributed by atoms with van der Waals surface area (Å²) in [4.78, 5) is 13.4. The van der Waals surface area contributed by atoms with Gasteiger partial charge in [-0.25, -0.2) is 9.97 Å². The molecule has 0 amide bonds. The van der Waals surface area contributed by atoms with Gasteiger partial charge in [-0.2, -0.15) is 0 Å². The van der Waals surface area contributed by atoms with Crippen LogP contribution in [-0.2, 0) is 0 Å². The van der Waals surface area contributed by atoms with E-state index >= 15 is 0 Å². The van der Waals surface area contributed by atoms with Gasteiger partial charge in [-0.1, -0.05) is 0 Å². The standard InChI is InChI=1S/C10H16N4/c1-6-7(2)12-10-9(11-6)13(4)8(3)14(10)5/h8H,1-5H3. The van der Waals surface area contributed by atoms with E-state index in [0.29, 0.717) is 6.17 Å². The van der Waals surface area contributed by atoms with E-state index in [1.165, 1.54) is 0 Å². The van der Waals surface area contributed by atoms with Gasteiger partial charge in [-0.15, -0.1) is 0 Å². The summed E-state index contributed by atoms with van der Waals surface area (Å²) in [5.74, 6) is 1.98. The maximum Gasteiger partial charge on any atom is 0.173 e. The fourth-order valence-corrected chi connectivity index (χ4v) is 1.67. The van der Waals surface area contributed by atoms with Crippen LogP contribution < -0.4 is 9.80 Å². The summed E-state index contributed by atoms with van der Waals surface area (Å²) in [6.07, 6.45) is 0.339. The van der Waals surface area contributed by atoms with Crippen LogP contribution in [0.4, 0.5) is 11.6 Å². The zero-order chi connectivity index (χ0) is 10.5. The van der Waals surface area contributed by atoms with E-state index in [1.807, 2.05) is 13.8 Å². The van der Waals surface area contributed by atoms with Crippen LogP contribution >= 0.6 is 0 Å². The van der Waals surface area contributed by atoms with Gasteiger partial charge in [0.1, 0.15) is 6.17 Å². The molecule has 1 aromatic heterocycles. The topological polar surface area (TPSA) is 32.3 Å². The lowest BCUT2D eigenvalue weighted by Gasteiger charge is -2.21. The minimum Gasteiger partial charge on any atom is -0.336 e. The molecule has 0 radical (unpaired) electrons. The number of nitrogens with zero attached hydrogens (tertiary/aromatic N) is 4. The smallest absolute Gasteiger partial charge is 0.173 e. The van der Waals surface area contributed by atoms with E-state index in [9.17, 15) is 0 Å². The molecule has 0 saturated carbocycles. The molecule has 1 aliphatic heterocycles. The Labute approximate surface area is 84.6 Å². The Morgan fingerprint density at radius 1 is 0.929 bits per heavy atom. The molecule has 0 saturated heterocycles. The monoisotopic (exact) mass is 192 g/mol. The van der Waals surface area contributed by atoms with Crippen LogP contribution in [0.15, 0.2) is 0 Å². The van der Waals surface area contributed by atoms with Crippen molar-refractivity contribution in [3.63, 3.8) is 0 Å². The molecular weight excluding hydrogens is 176 g/mol. The Morgan fingerprint density at radius 3 is 1.64 bits per heavy atom. The van der Waals surface area contributed by atoms with Crippen molar-refractivity contribution in [1.82, 2.24) is 9.97 Å². The fourth-order valence-electron chi connectivity index (χ4n) is 1.67. The van der Waals surface area contributed by atoms with Crippen LogP contribution in [0.1, 0.15) is 18.3 Å². The van der Waals surface area contributed by atoms with Gasteiger partial charge in [0, 0.05) is 14.1 Å². The Balaban J connectivity index is 2.59. The predicted molar refractivity (Wildman–Crippen MR) is 57.8 cm³/mol. The summed E-state index contributed by atoms with van der Waals surface area (Å²) in [5.41, 5.74) is 2.02. The molecule has 0 unspecified atom stereocenters. The zero-order valence-corrected chi connectivity index (χ0v) is 9.37. The summed E-state index contributed by atoms with van der Waals surface area (Å²) >= 11 is 0. The Hall–Kier alpha value is -1.32. The second-order valence-corrected chi connectivity index (χ2v) is 3.90. The highest BCUT2D eigenvalue weighted by molar-refractivity contribution is 5.69. The molecule has 0 N–H and O–H groups in total. The lowest BCUT2D eigenvalue weighted by atomic mass is 10.3. The first-order valence-electron chi connectivity index (χ1n) is 4.83. The number of fused-ring (bicyclic) bond motifs is 1. The molecule has 76 valence electrons. The van der Waals surface area contributed by atoms with Gasteiger partial charge >= 0.3 is 0 Å². The molecule has 0 spiro atoms. The van der Waals surface area contributed by atoms with Crippen LogP contribution in [-0.4, -0.2) is 30.2 Å². The maximum atomic E-state index is 4.56. The SMILES string of the molecule is Cc1nc2c(nc1C)N(C)C(C)N2C. The van der Waals surface area contributed by atoms with E-state index in [4.69, 9.17) is 0 Å². The highest BCUT2D eigenvalue weighted by atomic mass is 15.4. The molecule has 2 heterocycles. The number of rotatable bonds is 0. The summed E-state index contributed by atoms with van der Waals surface area (Å²) in [7, 11) is 4.10. The van der Waals surface area contributed by atoms with E-state index in [2.05, 4.69) is 40.8 Å². The molecule has 0 fully saturated rings. The highest BCUT2D eigenvalue weighted by Gasteiger charge is 2.30. The van der Waals surface area contributed by atoms with Crippen molar-refractivity contribution in [2.24, 2.45) is 0 Å². The molecule has 0 bridgehead atoms. The van der Waals surface area contributed by atoms with Crippen LogP contribution in [0.2, 0.25) is 0 Å². The number of aryl methyl sites for hydroxylation is 2. The van der Waals surface area contributed by atoms with Crippen molar-refractivity contribution in [3.8, 4) is 0 Å². The largest absolute Gasteiger partial charge is 0.336 e. The molecule has 1 aliphatic rings. The lowest BCUT2D eigenvalue weighted by molar-refractivity contribution is 0.703. The van der Waals surface area contributed by atoms with Crippen molar-refractivity contribution < 1.29 is 0 Å². The second-order valence-electron chi connectivity index (χ2n) is 3.90. The van der Waals surface area contributed by atoms with Gasteiger partial charge < -0.3 is 9.80 Å². The van der Waals surface area contributed by atoms with Crippen molar-refractivity contribution >= 4 is 11.6 Å². The van der Waals surface area contributed by atoms with Gasteiger partial charge in [0.25, 0.3) is 0 Å². The quantitative estimate of drug-likeness (QED) is 0.620. The first-order chi connectivity index (χ1) is 6.52. The average molecular weight is 192 g/mol. The van der Waals surface area contributed by atoms with Gasteiger partial charge in [0.05, 0.1) is 11.4 Å². The summed E-state index contributed by atoms with van der Waals surface area (Å²) < 4.78 is 0. The van der Waals surface area contributed by atoms with Crippen LogP contribution in [0, 0.1) is 13.8 Å². The van der Waals surface area contributed by atoms with Crippen molar-refractivity contribution in [1.29, 1.82) is 0 Å². The fraction of sp³-hybridized carbons (Fsp3) is 0.600. The van der Waals surface area contributed by atoms with Crippen molar-refractivity contribution in [2.75, 3.05) is 23.9 Å². The number of hydrogen-bond acceptors (Lipinski definition) is 4. The van der Waals surface area contributed by atoms with Crippen molar-refractivity contribution in [3.05, 3.63) is 11.4 Å². The predicted octanol–water partition coefficient (Wildman–Crippen LogP) is 1.33. The Kier molecular flexibility index (Phi) is 1.87. The molecule has 2 rings (SSSR count). The van der Waals surface area contributed by atoms with Gasteiger partial charge in [0.15, 0.2) is 11.6 Å². The number of aromatic nitrogens is 2. The van der Waals surface area contributed by atoms with Crippen molar-refractivity contribution in [2.45, 2.75) is 26.9 Å². The second kappa shape index (κ2) is 2.83. The molecule has 4 nitrogen and oxygen atoms in total. The van der Waals surface area contributed by atoms with E-state index < -0.39 is 0 Å². The summed E-state index contributed by atoms with van der Waals surface area (Å²) in [6.45, 7) is 6.15. The first kappa shape index (κ1) is 9.24. The average Bonchev–Trinajstić information content (AvgIpc) is 2.34. The Bertz CT molecular complexity index is 340. The van der Waals surface area contributed by atoms with Gasteiger partial charge in [-0.05, 0) is 20.8 Å². The molecule has 0 atom stereocenters. The Morgan fingerprint density at radius 2 is 1.29 bits per heavy atom. The van der Waals surface area contributed by atoms with Crippen LogP contribution in [0.3, 0.4) is 0 Å². The summed E-state index contributed by atoms with van der Waals surface area (Å²) in [6, 6.07) is 0. The minimum atomic E-state index is 0.339. The third-order valence-corrected chi connectivity index (χ3v) is 3.06. The maximum absolute atomic E-state index is 4.56. The number of anilines is 2. The summed E-state index contributed by atoms with van der Waals surface area (Å²) in [5, 5.41) is 0. The van der Waals surface area contributed by atoms with E-state index in [-0.39, 0.29) is 0 Å². The van der Waals surface area contributed by atoms with Gasteiger partial charge in [-0.3, -0.25) is 0 Å². The molecule has 1 aromatic rings. The third kappa shape index (κ3) is 1.06. The molecular formula is C10H16N4.